The molecule has 1 aliphatic rings. The van der Waals surface area contributed by atoms with E-state index in [1.54, 1.807) is 0 Å². The van der Waals surface area contributed by atoms with Crippen LogP contribution in [0.4, 0.5) is 5.69 Å². The van der Waals surface area contributed by atoms with Crippen molar-refractivity contribution in [2.75, 3.05) is 11.9 Å². The molecule has 1 aromatic rings. The Kier molecular flexibility index (Phi) is 2.89. The van der Waals surface area contributed by atoms with Crippen molar-refractivity contribution in [3.8, 4) is 0 Å². The number of benzene rings is 1. The number of aliphatic hydroxyl groups excluding tert-OH is 1. The fourth-order valence-electron chi connectivity index (χ4n) is 1.97. The van der Waals surface area contributed by atoms with Gasteiger partial charge in [0.15, 0.2) is 0 Å². The Morgan fingerprint density at radius 3 is 2.38 bits per heavy atom. The fourth-order valence-corrected chi connectivity index (χ4v) is 2.10. The van der Waals surface area contributed by atoms with Gasteiger partial charge in [-0.25, -0.2) is 0 Å². The van der Waals surface area contributed by atoms with E-state index in [4.69, 9.17) is 11.6 Å². The van der Waals surface area contributed by atoms with Gasteiger partial charge >= 0.3 is 0 Å². The van der Waals surface area contributed by atoms with Crippen molar-refractivity contribution in [1.82, 2.24) is 0 Å². The fraction of sp³-hybridized carbons (Fsp3) is 0.538. The number of anilines is 1. The zero-order valence-electron chi connectivity index (χ0n) is 9.76. The molecule has 1 fully saturated rings. The van der Waals surface area contributed by atoms with Gasteiger partial charge in [0.2, 0.25) is 0 Å². The maximum Gasteiger partial charge on any atom is 0.0664 e. The Balaban J connectivity index is 2.15. The monoisotopic (exact) mass is 239 g/mol. The summed E-state index contributed by atoms with van der Waals surface area (Å²) in [4.78, 5) is 0. The molecule has 0 spiro atoms. The molecule has 88 valence electrons. The Morgan fingerprint density at radius 2 is 1.94 bits per heavy atom. The number of rotatable bonds is 4. The van der Waals surface area contributed by atoms with Crippen molar-refractivity contribution >= 4 is 17.3 Å². The molecule has 1 unspecified atom stereocenters. The number of halogens is 1. The molecule has 0 bridgehead atoms. The largest absolute Gasteiger partial charge is 0.394 e. The van der Waals surface area contributed by atoms with Crippen molar-refractivity contribution < 1.29 is 5.11 Å². The third-order valence-corrected chi connectivity index (χ3v) is 4.16. The highest BCUT2D eigenvalue weighted by atomic mass is 35.5. The van der Waals surface area contributed by atoms with Crippen LogP contribution in [0.15, 0.2) is 24.3 Å². The lowest BCUT2D eigenvalue weighted by molar-refractivity contribution is 0.167. The van der Waals surface area contributed by atoms with Gasteiger partial charge in [-0.2, -0.15) is 0 Å². The van der Waals surface area contributed by atoms with Crippen molar-refractivity contribution in [2.24, 2.45) is 5.41 Å². The summed E-state index contributed by atoms with van der Waals surface area (Å²) in [6.07, 6.45) is 2.34. The molecule has 1 atom stereocenters. The van der Waals surface area contributed by atoms with Crippen molar-refractivity contribution in [1.29, 1.82) is 0 Å². The predicted octanol–water partition coefficient (Wildman–Crippen LogP) is 3.30. The zero-order chi connectivity index (χ0) is 11.8. The molecule has 3 heteroatoms. The average Bonchev–Trinajstić information content (AvgIpc) is 3.01. The topological polar surface area (TPSA) is 32.3 Å². The molecule has 0 amide bonds. The molecule has 1 saturated carbocycles. The van der Waals surface area contributed by atoms with E-state index < -0.39 is 0 Å². The maximum atomic E-state index is 9.59. The molecule has 0 saturated heterocycles. The van der Waals surface area contributed by atoms with Gasteiger partial charge < -0.3 is 10.4 Å². The molecule has 0 radical (unpaired) electrons. The summed E-state index contributed by atoms with van der Waals surface area (Å²) in [6, 6.07) is 7.61. The minimum absolute atomic E-state index is 0.145. The van der Waals surface area contributed by atoms with Crippen LogP contribution in [0.25, 0.3) is 0 Å². The van der Waals surface area contributed by atoms with Crippen LogP contribution < -0.4 is 5.32 Å². The predicted molar refractivity (Wildman–Crippen MR) is 67.9 cm³/mol. The Labute approximate surface area is 102 Å². The van der Waals surface area contributed by atoms with Gasteiger partial charge in [0.25, 0.3) is 0 Å². The van der Waals surface area contributed by atoms with Gasteiger partial charge in [0.05, 0.1) is 12.1 Å². The first-order chi connectivity index (χ1) is 7.49. The van der Waals surface area contributed by atoms with E-state index in [1.807, 2.05) is 24.3 Å². The SMILES string of the molecule is CC1(C(C)(CO)Nc2ccc(Cl)cc2)CC1. The van der Waals surface area contributed by atoms with Crippen LogP contribution in [0, 0.1) is 5.41 Å². The van der Waals surface area contributed by atoms with E-state index in [2.05, 4.69) is 19.2 Å². The number of hydrogen-bond acceptors (Lipinski definition) is 2. The van der Waals surface area contributed by atoms with Crippen LogP contribution in [0.2, 0.25) is 5.02 Å². The van der Waals surface area contributed by atoms with Crippen molar-refractivity contribution in [2.45, 2.75) is 32.2 Å². The summed E-state index contributed by atoms with van der Waals surface area (Å²) in [6.45, 7) is 4.44. The van der Waals surface area contributed by atoms with Crippen molar-refractivity contribution in [3.63, 3.8) is 0 Å². The van der Waals surface area contributed by atoms with Gasteiger partial charge in [-0.05, 0) is 49.4 Å². The first-order valence-electron chi connectivity index (χ1n) is 5.64. The summed E-state index contributed by atoms with van der Waals surface area (Å²) < 4.78 is 0. The summed E-state index contributed by atoms with van der Waals surface area (Å²) in [7, 11) is 0. The average molecular weight is 240 g/mol. The highest BCUT2D eigenvalue weighted by Crippen LogP contribution is 2.54. The number of aliphatic hydroxyl groups is 1. The summed E-state index contributed by atoms with van der Waals surface area (Å²) in [5.74, 6) is 0. The minimum atomic E-state index is -0.249. The first-order valence-corrected chi connectivity index (χ1v) is 6.02. The van der Waals surface area contributed by atoms with Crippen LogP contribution in [-0.2, 0) is 0 Å². The molecule has 2 rings (SSSR count). The molecule has 16 heavy (non-hydrogen) atoms. The quantitative estimate of drug-likeness (QED) is 0.845. The third-order valence-electron chi connectivity index (χ3n) is 3.91. The first kappa shape index (κ1) is 11.7. The highest BCUT2D eigenvalue weighted by molar-refractivity contribution is 6.30. The lowest BCUT2D eigenvalue weighted by Crippen LogP contribution is -2.46. The Bertz CT molecular complexity index is 372. The molecular weight excluding hydrogens is 222 g/mol. The van der Waals surface area contributed by atoms with Crippen LogP contribution in [0.3, 0.4) is 0 Å². The minimum Gasteiger partial charge on any atom is -0.394 e. The van der Waals surface area contributed by atoms with Crippen LogP contribution >= 0.6 is 11.6 Å². The molecule has 0 heterocycles. The molecule has 2 N–H and O–H groups in total. The van der Waals surface area contributed by atoms with E-state index in [1.165, 1.54) is 12.8 Å². The highest BCUT2D eigenvalue weighted by Gasteiger charge is 2.52. The lowest BCUT2D eigenvalue weighted by atomic mass is 9.84. The van der Waals surface area contributed by atoms with Gasteiger partial charge in [-0.3, -0.25) is 0 Å². The van der Waals surface area contributed by atoms with Gasteiger partial charge in [-0.1, -0.05) is 18.5 Å². The second-order valence-corrected chi connectivity index (χ2v) is 5.62. The molecule has 0 aliphatic heterocycles. The van der Waals surface area contributed by atoms with Crippen molar-refractivity contribution in [3.05, 3.63) is 29.3 Å². The van der Waals surface area contributed by atoms with Crippen LogP contribution in [0.1, 0.15) is 26.7 Å². The lowest BCUT2D eigenvalue weighted by Gasteiger charge is -2.36. The van der Waals surface area contributed by atoms with E-state index in [0.717, 1.165) is 10.7 Å². The number of nitrogens with one attached hydrogen (secondary N) is 1. The van der Waals surface area contributed by atoms with Crippen LogP contribution in [-0.4, -0.2) is 17.3 Å². The van der Waals surface area contributed by atoms with E-state index in [-0.39, 0.29) is 17.6 Å². The molecule has 1 aromatic carbocycles. The summed E-state index contributed by atoms with van der Waals surface area (Å²) in [5.41, 5.74) is 0.969. The second-order valence-electron chi connectivity index (χ2n) is 5.18. The molecule has 0 aromatic heterocycles. The molecular formula is C13H18ClNO. The van der Waals surface area contributed by atoms with E-state index in [0.29, 0.717) is 0 Å². The third kappa shape index (κ3) is 2.04. The number of hydrogen-bond donors (Lipinski definition) is 2. The van der Waals surface area contributed by atoms with Gasteiger partial charge in [0.1, 0.15) is 0 Å². The zero-order valence-corrected chi connectivity index (χ0v) is 10.5. The summed E-state index contributed by atoms with van der Waals surface area (Å²) in [5, 5.41) is 13.7. The van der Waals surface area contributed by atoms with Gasteiger partial charge in [-0.15, -0.1) is 0 Å². The van der Waals surface area contributed by atoms with E-state index in [9.17, 15) is 5.11 Å². The molecule has 1 aliphatic carbocycles. The van der Waals surface area contributed by atoms with Crippen LogP contribution in [0.5, 0.6) is 0 Å². The summed E-state index contributed by atoms with van der Waals surface area (Å²) >= 11 is 5.84. The Morgan fingerprint density at radius 1 is 1.38 bits per heavy atom. The smallest absolute Gasteiger partial charge is 0.0664 e. The second kappa shape index (κ2) is 3.94. The maximum absolute atomic E-state index is 9.59. The standard InChI is InChI=1S/C13H18ClNO/c1-12(7-8-12)13(2,9-16)15-11-5-3-10(14)4-6-11/h3-6,15-16H,7-9H2,1-2H3. The van der Waals surface area contributed by atoms with E-state index >= 15 is 0 Å². The van der Waals surface area contributed by atoms with Gasteiger partial charge in [0, 0.05) is 10.7 Å². The normalized spacial score (nSPS) is 21.2. The molecule has 2 nitrogen and oxygen atoms in total. The Hall–Kier alpha value is -0.730.